The predicted molar refractivity (Wildman–Crippen MR) is 71.0 cm³/mol. The van der Waals surface area contributed by atoms with Crippen LogP contribution in [-0.2, 0) is 4.74 Å². The molecule has 2 aromatic rings. The Balaban J connectivity index is 2.04. The van der Waals surface area contributed by atoms with Crippen molar-refractivity contribution in [1.29, 1.82) is 0 Å². The number of hydrogen-bond acceptors (Lipinski definition) is 2. The van der Waals surface area contributed by atoms with E-state index in [1.54, 1.807) is 0 Å². The minimum absolute atomic E-state index is 0.120. The van der Waals surface area contributed by atoms with Crippen LogP contribution in [0.15, 0.2) is 22.8 Å². The Hall–Kier alpha value is -0.870. The molecule has 1 saturated heterocycles. The number of ether oxygens (including phenoxy) is 1. The van der Waals surface area contributed by atoms with E-state index in [4.69, 9.17) is 4.74 Å². The van der Waals surface area contributed by atoms with E-state index in [1.807, 2.05) is 10.7 Å². The van der Waals surface area contributed by atoms with Gasteiger partial charge in [-0.3, -0.25) is 0 Å². The van der Waals surface area contributed by atoms with Crippen molar-refractivity contribution in [3.8, 4) is 0 Å². The lowest BCUT2D eigenvalue weighted by Crippen LogP contribution is -2.18. The maximum absolute atomic E-state index is 5.75. The smallest absolute Gasteiger partial charge is 0.150 e. The first kappa shape index (κ1) is 11.2. The number of nitrogens with zero attached hydrogens (tertiary/aromatic N) is 2. The molecule has 0 amide bonds. The molecule has 0 saturated carbocycles. The summed E-state index contributed by atoms with van der Waals surface area (Å²) >= 11 is 3.55. The third-order valence-electron chi connectivity index (χ3n) is 3.36. The highest BCUT2D eigenvalue weighted by molar-refractivity contribution is 9.10. The number of aromatic nitrogens is 2. The quantitative estimate of drug-likeness (QED) is 0.800. The van der Waals surface area contributed by atoms with Gasteiger partial charge in [-0.25, -0.2) is 4.68 Å². The first-order valence-corrected chi connectivity index (χ1v) is 6.80. The molecule has 4 heteroatoms. The molecule has 0 aliphatic carbocycles. The van der Waals surface area contributed by atoms with Crippen molar-refractivity contribution in [3.63, 3.8) is 0 Å². The molecule has 90 valence electrons. The van der Waals surface area contributed by atoms with Gasteiger partial charge in [-0.15, -0.1) is 0 Å². The van der Waals surface area contributed by atoms with Gasteiger partial charge in [-0.1, -0.05) is 15.9 Å². The maximum atomic E-state index is 5.75. The number of fused-ring (bicyclic) bond motifs is 1. The monoisotopic (exact) mass is 294 g/mol. The number of benzene rings is 1. The van der Waals surface area contributed by atoms with Crippen molar-refractivity contribution in [2.45, 2.75) is 32.4 Å². The SMILES string of the molecule is Cc1c(Br)ccc2nn(C3CCCCO3)cc12. The summed E-state index contributed by atoms with van der Waals surface area (Å²) in [5, 5.41) is 5.81. The van der Waals surface area contributed by atoms with Gasteiger partial charge in [0.2, 0.25) is 0 Å². The highest BCUT2D eigenvalue weighted by atomic mass is 79.9. The van der Waals surface area contributed by atoms with E-state index in [-0.39, 0.29) is 6.23 Å². The van der Waals surface area contributed by atoms with Crippen LogP contribution in [0.4, 0.5) is 0 Å². The van der Waals surface area contributed by atoms with Crippen molar-refractivity contribution in [1.82, 2.24) is 9.78 Å². The second kappa shape index (κ2) is 4.42. The number of rotatable bonds is 1. The highest BCUT2D eigenvalue weighted by Gasteiger charge is 2.17. The Morgan fingerprint density at radius 2 is 2.29 bits per heavy atom. The van der Waals surface area contributed by atoms with Crippen LogP contribution >= 0.6 is 15.9 Å². The fourth-order valence-electron chi connectivity index (χ4n) is 2.30. The number of halogens is 1. The Kier molecular flexibility index (Phi) is 2.92. The summed E-state index contributed by atoms with van der Waals surface area (Å²) in [5.74, 6) is 0. The van der Waals surface area contributed by atoms with Gasteiger partial charge in [0.15, 0.2) is 0 Å². The van der Waals surface area contributed by atoms with Crippen LogP contribution < -0.4 is 0 Å². The zero-order chi connectivity index (χ0) is 11.8. The summed E-state index contributed by atoms with van der Waals surface area (Å²) in [5.41, 5.74) is 2.28. The molecule has 1 unspecified atom stereocenters. The molecule has 0 N–H and O–H groups in total. The normalized spacial score (nSPS) is 20.9. The van der Waals surface area contributed by atoms with E-state index in [2.05, 4.69) is 40.2 Å². The lowest BCUT2D eigenvalue weighted by molar-refractivity contribution is -0.0390. The number of hydrogen-bond donors (Lipinski definition) is 0. The Bertz CT molecular complexity index is 544. The topological polar surface area (TPSA) is 27.1 Å². The lowest BCUT2D eigenvalue weighted by Gasteiger charge is -2.22. The van der Waals surface area contributed by atoms with Crippen LogP contribution in [-0.4, -0.2) is 16.4 Å². The number of aryl methyl sites for hydroxylation is 1. The fraction of sp³-hybridized carbons (Fsp3) is 0.462. The molecule has 1 atom stereocenters. The minimum Gasteiger partial charge on any atom is -0.357 e. The predicted octanol–water partition coefficient (Wildman–Crippen LogP) is 3.81. The second-order valence-corrected chi connectivity index (χ2v) is 5.39. The standard InChI is InChI=1S/C13H15BrN2O/c1-9-10-8-16(13-4-2-3-7-17-13)15-12(10)6-5-11(9)14/h5-6,8,13H,2-4,7H2,1H3. The molecule has 0 spiro atoms. The Labute approximate surface area is 109 Å². The van der Waals surface area contributed by atoms with Gasteiger partial charge >= 0.3 is 0 Å². The molecule has 3 rings (SSSR count). The van der Waals surface area contributed by atoms with Gasteiger partial charge in [0.1, 0.15) is 6.23 Å². The van der Waals surface area contributed by atoms with Crippen LogP contribution in [0, 0.1) is 6.92 Å². The summed E-state index contributed by atoms with van der Waals surface area (Å²) in [6.07, 6.45) is 5.68. The first-order chi connectivity index (χ1) is 8.25. The molecule has 0 bridgehead atoms. The third kappa shape index (κ3) is 2.00. The van der Waals surface area contributed by atoms with E-state index in [9.17, 15) is 0 Å². The summed E-state index contributed by atoms with van der Waals surface area (Å²) in [7, 11) is 0. The molecule has 1 aromatic heterocycles. The molecule has 17 heavy (non-hydrogen) atoms. The largest absolute Gasteiger partial charge is 0.357 e. The zero-order valence-electron chi connectivity index (χ0n) is 9.82. The molecule has 2 heterocycles. The highest BCUT2D eigenvalue weighted by Crippen LogP contribution is 2.28. The molecule has 0 radical (unpaired) electrons. The van der Waals surface area contributed by atoms with Crippen molar-refractivity contribution in [3.05, 3.63) is 28.4 Å². The summed E-state index contributed by atoms with van der Waals surface area (Å²) in [6.45, 7) is 2.96. The van der Waals surface area contributed by atoms with Crippen LogP contribution in [0.2, 0.25) is 0 Å². The maximum Gasteiger partial charge on any atom is 0.150 e. The molecular weight excluding hydrogens is 280 g/mol. The van der Waals surface area contributed by atoms with E-state index in [0.717, 1.165) is 23.0 Å². The fourth-order valence-corrected chi connectivity index (χ4v) is 2.65. The van der Waals surface area contributed by atoms with Crippen LogP contribution in [0.1, 0.15) is 31.1 Å². The van der Waals surface area contributed by atoms with E-state index >= 15 is 0 Å². The van der Waals surface area contributed by atoms with E-state index in [0.29, 0.717) is 0 Å². The average Bonchev–Trinajstić information content (AvgIpc) is 2.80. The zero-order valence-corrected chi connectivity index (χ0v) is 11.4. The van der Waals surface area contributed by atoms with Crippen molar-refractivity contribution in [2.75, 3.05) is 6.61 Å². The van der Waals surface area contributed by atoms with E-state index < -0.39 is 0 Å². The van der Waals surface area contributed by atoms with E-state index in [1.165, 1.54) is 23.8 Å². The van der Waals surface area contributed by atoms with Crippen molar-refractivity contribution in [2.24, 2.45) is 0 Å². The second-order valence-electron chi connectivity index (χ2n) is 4.54. The van der Waals surface area contributed by atoms with Crippen LogP contribution in [0.25, 0.3) is 10.9 Å². The Morgan fingerprint density at radius 1 is 1.41 bits per heavy atom. The summed E-state index contributed by atoms with van der Waals surface area (Å²) < 4.78 is 8.86. The van der Waals surface area contributed by atoms with Gasteiger partial charge < -0.3 is 4.74 Å². The first-order valence-electron chi connectivity index (χ1n) is 6.01. The molecule has 1 aliphatic rings. The average molecular weight is 295 g/mol. The van der Waals surface area contributed by atoms with Gasteiger partial charge in [0.25, 0.3) is 0 Å². The summed E-state index contributed by atoms with van der Waals surface area (Å²) in [4.78, 5) is 0. The van der Waals surface area contributed by atoms with Gasteiger partial charge in [-0.05, 0) is 43.9 Å². The lowest BCUT2D eigenvalue weighted by atomic mass is 10.1. The molecule has 1 aromatic carbocycles. The molecule has 1 aliphatic heterocycles. The van der Waals surface area contributed by atoms with Gasteiger partial charge in [0.05, 0.1) is 5.52 Å². The van der Waals surface area contributed by atoms with Crippen LogP contribution in [0.3, 0.4) is 0 Å². The minimum atomic E-state index is 0.120. The van der Waals surface area contributed by atoms with Crippen molar-refractivity contribution < 1.29 is 4.74 Å². The van der Waals surface area contributed by atoms with Gasteiger partial charge in [0, 0.05) is 22.7 Å². The van der Waals surface area contributed by atoms with Crippen LogP contribution in [0.5, 0.6) is 0 Å². The molecular formula is C13H15BrN2O. The van der Waals surface area contributed by atoms with Gasteiger partial charge in [-0.2, -0.15) is 5.10 Å². The molecule has 3 nitrogen and oxygen atoms in total. The molecule has 1 fully saturated rings. The summed E-state index contributed by atoms with van der Waals surface area (Å²) in [6, 6.07) is 4.10. The Morgan fingerprint density at radius 3 is 3.06 bits per heavy atom. The van der Waals surface area contributed by atoms with Crippen molar-refractivity contribution >= 4 is 26.8 Å². The third-order valence-corrected chi connectivity index (χ3v) is 4.22.